The number of hydrogen-bond acceptors (Lipinski definition) is 2. The highest BCUT2D eigenvalue weighted by molar-refractivity contribution is 9.10. The van der Waals surface area contributed by atoms with Crippen molar-refractivity contribution >= 4 is 21.6 Å². The number of likely N-dealkylation sites (N-methyl/N-ethyl adjacent to an activating group) is 1. The molecule has 2 nitrogen and oxygen atoms in total. The summed E-state index contributed by atoms with van der Waals surface area (Å²) in [5.41, 5.74) is 8.50. The molecule has 0 amide bonds. The lowest BCUT2D eigenvalue weighted by molar-refractivity contribution is 0.613. The Labute approximate surface area is 106 Å². The quantitative estimate of drug-likeness (QED) is 0.920. The zero-order chi connectivity index (χ0) is 11.5. The number of benzene rings is 1. The minimum Gasteiger partial charge on any atom is -0.371 e. The fraction of sp³-hybridized carbons (Fsp3) is 0.538. The first-order chi connectivity index (χ1) is 7.76. The summed E-state index contributed by atoms with van der Waals surface area (Å²) in [6.07, 6.45) is 2.32. The van der Waals surface area contributed by atoms with Crippen LogP contribution < -0.4 is 10.6 Å². The third kappa shape index (κ3) is 2.25. The summed E-state index contributed by atoms with van der Waals surface area (Å²) in [5.74, 6) is 0.663. The predicted molar refractivity (Wildman–Crippen MR) is 73.1 cm³/mol. The van der Waals surface area contributed by atoms with Crippen molar-refractivity contribution in [3.8, 4) is 0 Å². The summed E-state index contributed by atoms with van der Waals surface area (Å²) in [6, 6.07) is 6.63. The molecule has 1 aliphatic heterocycles. The summed E-state index contributed by atoms with van der Waals surface area (Å²) >= 11 is 3.56. The number of fused-ring (bicyclic) bond motifs is 1. The zero-order valence-corrected chi connectivity index (χ0v) is 11.3. The van der Waals surface area contributed by atoms with Crippen molar-refractivity contribution in [2.75, 3.05) is 24.5 Å². The first-order valence-corrected chi connectivity index (χ1v) is 6.80. The first-order valence-electron chi connectivity index (χ1n) is 6.00. The van der Waals surface area contributed by atoms with E-state index in [1.165, 1.54) is 22.1 Å². The van der Waals surface area contributed by atoms with Gasteiger partial charge in [0.25, 0.3) is 0 Å². The van der Waals surface area contributed by atoms with E-state index in [1.807, 2.05) is 0 Å². The Kier molecular flexibility index (Phi) is 3.87. The van der Waals surface area contributed by atoms with Crippen molar-refractivity contribution in [3.05, 3.63) is 28.2 Å². The van der Waals surface area contributed by atoms with Crippen LogP contribution >= 0.6 is 15.9 Å². The van der Waals surface area contributed by atoms with Gasteiger partial charge in [-0.2, -0.15) is 0 Å². The van der Waals surface area contributed by atoms with Gasteiger partial charge in [-0.25, -0.2) is 0 Å². The van der Waals surface area contributed by atoms with Crippen molar-refractivity contribution in [3.63, 3.8) is 0 Å². The zero-order valence-electron chi connectivity index (χ0n) is 9.75. The van der Waals surface area contributed by atoms with Crippen LogP contribution in [0.15, 0.2) is 22.7 Å². The van der Waals surface area contributed by atoms with E-state index in [-0.39, 0.29) is 0 Å². The third-order valence-corrected chi connectivity index (χ3v) is 3.84. The summed E-state index contributed by atoms with van der Waals surface area (Å²) in [7, 11) is 0. The van der Waals surface area contributed by atoms with Crippen molar-refractivity contribution in [1.29, 1.82) is 0 Å². The summed E-state index contributed by atoms with van der Waals surface area (Å²) < 4.78 is 1.18. The van der Waals surface area contributed by atoms with Gasteiger partial charge in [-0.3, -0.25) is 0 Å². The Balaban J connectivity index is 2.24. The van der Waals surface area contributed by atoms with Crippen LogP contribution in [-0.4, -0.2) is 19.6 Å². The second kappa shape index (κ2) is 5.19. The van der Waals surface area contributed by atoms with Gasteiger partial charge in [0, 0.05) is 29.2 Å². The Hall–Kier alpha value is -0.540. The molecule has 2 N–H and O–H groups in total. The molecule has 1 aliphatic rings. The fourth-order valence-electron chi connectivity index (χ4n) is 2.51. The van der Waals surface area contributed by atoms with Gasteiger partial charge in [-0.05, 0) is 50.1 Å². The van der Waals surface area contributed by atoms with Crippen molar-refractivity contribution in [2.24, 2.45) is 5.73 Å². The smallest absolute Gasteiger partial charge is 0.0403 e. The van der Waals surface area contributed by atoms with Gasteiger partial charge in [-0.15, -0.1) is 0 Å². The number of halogens is 1. The molecule has 1 unspecified atom stereocenters. The van der Waals surface area contributed by atoms with Crippen molar-refractivity contribution < 1.29 is 0 Å². The molecule has 2 rings (SSSR count). The lowest BCUT2D eigenvalue weighted by Crippen LogP contribution is -2.21. The maximum Gasteiger partial charge on any atom is 0.0403 e. The summed E-state index contributed by atoms with van der Waals surface area (Å²) in [6.45, 7) is 5.26. The first kappa shape index (κ1) is 11.9. The Bertz CT molecular complexity index is 365. The van der Waals surface area contributed by atoms with Gasteiger partial charge in [0.15, 0.2) is 0 Å². The molecule has 0 saturated carbocycles. The van der Waals surface area contributed by atoms with Crippen LogP contribution in [0.25, 0.3) is 0 Å². The second-order valence-electron chi connectivity index (χ2n) is 4.37. The monoisotopic (exact) mass is 282 g/mol. The van der Waals surface area contributed by atoms with Gasteiger partial charge in [0.05, 0.1) is 0 Å². The molecule has 3 heteroatoms. The Morgan fingerprint density at radius 3 is 3.00 bits per heavy atom. The molecule has 0 saturated heterocycles. The molecule has 0 bridgehead atoms. The number of anilines is 1. The largest absolute Gasteiger partial charge is 0.371 e. The standard InChI is InChI=1S/C13H19BrN2/c1-2-16-9-10(4-3-7-15)12-8-11(14)5-6-13(12)16/h5-6,8,10H,2-4,7,9,15H2,1H3. The van der Waals surface area contributed by atoms with E-state index >= 15 is 0 Å². The van der Waals surface area contributed by atoms with Gasteiger partial charge in [0.1, 0.15) is 0 Å². The molecule has 1 atom stereocenters. The third-order valence-electron chi connectivity index (χ3n) is 3.35. The normalized spacial score (nSPS) is 18.9. The molecule has 0 radical (unpaired) electrons. The number of nitrogens with two attached hydrogens (primary N) is 1. The van der Waals surface area contributed by atoms with Crippen molar-refractivity contribution in [2.45, 2.75) is 25.7 Å². The summed E-state index contributed by atoms with van der Waals surface area (Å²) in [4.78, 5) is 2.46. The van der Waals surface area contributed by atoms with E-state index in [1.54, 1.807) is 0 Å². The van der Waals surface area contributed by atoms with Crippen LogP contribution in [-0.2, 0) is 0 Å². The molecule has 1 aromatic carbocycles. The van der Waals surface area contributed by atoms with E-state index in [4.69, 9.17) is 5.73 Å². The summed E-state index contributed by atoms with van der Waals surface area (Å²) in [5, 5.41) is 0. The van der Waals surface area contributed by atoms with Crippen molar-refractivity contribution in [1.82, 2.24) is 0 Å². The van der Waals surface area contributed by atoms with Crippen LogP contribution in [0.4, 0.5) is 5.69 Å². The molecule has 1 aromatic rings. The van der Waals surface area contributed by atoms with Gasteiger partial charge >= 0.3 is 0 Å². The molecular weight excluding hydrogens is 264 g/mol. The molecule has 0 aliphatic carbocycles. The van der Waals surface area contributed by atoms with E-state index in [0.717, 1.165) is 26.1 Å². The number of hydrogen-bond donors (Lipinski definition) is 1. The van der Waals surface area contributed by atoms with Gasteiger partial charge < -0.3 is 10.6 Å². The van der Waals surface area contributed by atoms with E-state index < -0.39 is 0 Å². The number of rotatable bonds is 4. The van der Waals surface area contributed by atoms with Gasteiger partial charge in [-0.1, -0.05) is 15.9 Å². The molecule has 88 valence electrons. The fourth-order valence-corrected chi connectivity index (χ4v) is 2.89. The highest BCUT2D eigenvalue weighted by Gasteiger charge is 2.26. The average molecular weight is 283 g/mol. The number of nitrogens with zero attached hydrogens (tertiary/aromatic N) is 1. The van der Waals surface area contributed by atoms with Gasteiger partial charge in [0.2, 0.25) is 0 Å². The van der Waals surface area contributed by atoms with E-state index in [2.05, 4.69) is 46.0 Å². The lowest BCUT2D eigenvalue weighted by Gasteiger charge is -2.17. The molecule has 0 spiro atoms. The molecule has 1 heterocycles. The minimum atomic E-state index is 0.663. The molecule has 0 fully saturated rings. The van der Waals surface area contributed by atoms with Crippen LogP contribution in [0, 0.1) is 0 Å². The molecule has 16 heavy (non-hydrogen) atoms. The molecule has 0 aromatic heterocycles. The Morgan fingerprint density at radius 1 is 1.50 bits per heavy atom. The Morgan fingerprint density at radius 2 is 2.31 bits per heavy atom. The minimum absolute atomic E-state index is 0.663. The van der Waals surface area contributed by atoms with E-state index in [0.29, 0.717) is 5.92 Å². The topological polar surface area (TPSA) is 29.3 Å². The highest BCUT2D eigenvalue weighted by Crippen LogP contribution is 2.39. The second-order valence-corrected chi connectivity index (χ2v) is 5.29. The SMILES string of the molecule is CCN1CC(CCCN)c2cc(Br)ccc21. The van der Waals surface area contributed by atoms with Crippen LogP contribution in [0.1, 0.15) is 31.2 Å². The lowest BCUT2D eigenvalue weighted by atomic mass is 9.96. The van der Waals surface area contributed by atoms with Crippen LogP contribution in [0.3, 0.4) is 0 Å². The van der Waals surface area contributed by atoms with Crippen LogP contribution in [0.5, 0.6) is 0 Å². The maximum atomic E-state index is 5.60. The predicted octanol–water partition coefficient (Wildman–Crippen LogP) is 3.11. The maximum absolute atomic E-state index is 5.60. The molecular formula is C13H19BrN2. The average Bonchev–Trinajstić information content (AvgIpc) is 2.64. The van der Waals surface area contributed by atoms with E-state index in [9.17, 15) is 0 Å². The highest BCUT2D eigenvalue weighted by atomic mass is 79.9. The van der Waals surface area contributed by atoms with Crippen LogP contribution in [0.2, 0.25) is 0 Å².